The van der Waals surface area contributed by atoms with Crippen LogP contribution < -0.4 is 0 Å². The van der Waals surface area contributed by atoms with Crippen LogP contribution in [0.5, 0.6) is 0 Å². The number of imidazole rings is 1. The van der Waals surface area contributed by atoms with Gasteiger partial charge in [0.2, 0.25) is 0 Å². The third-order valence-corrected chi connectivity index (χ3v) is 8.00. The third-order valence-electron chi connectivity index (χ3n) is 7.25. The van der Waals surface area contributed by atoms with Crippen LogP contribution in [0.15, 0.2) is 97.3 Å². The van der Waals surface area contributed by atoms with Crippen LogP contribution in [0.3, 0.4) is 0 Å². The zero-order chi connectivity index (χ0) is 31.6. The van der Waals surface area contributed by atoms with Gasteiger partial charge in [-0.1, -0.05) is 66.2 Å². The molecular formula is C32H24ClIN4O7. The second-order valence-corrected chi connectivity index (χ2v) is 11.6. The molecule has 5 aromatic rings. The van der Waals surface area contributed by atoms with E-state index in [2.05, 4.69) is 15.0 Å². The van der Waals surface area contributed by atoms with Crippen LogP contribution in [0.2, 0.25) is 5.15 Å². The average Bonchev–Trinajstić information content (AvgIpc) is 3.59. The fraction of sp³-hybridized carbons (Fsp3) is 0.188. The first kappa shape index (κ1) is 30.6. The first-order valence-electron chi connectivity index (χ1n) is 13.7. The van der Waals surface area contributed by atoms with Gasteiger partial charge in [0.25, 0.3) is 0 Å². The van der Waals surface area contributed by atoms with Gasteiger partial charge in [-0.05, 0) is 43.3 Å². The predicted molar refractivity (Wildman–Crippen MR) is 170 cm³/mol. The molecule has 0 bridgehead atoms. The standard InChI is InChI=1S/C32H24ClIN4O7/c1-32(45-29(41)21-15-9-4-10-16-21)24(44-28(40)20-13-7-3-8-14-20)22(17-42-27(39)19-11-5-2-6-12-19)43-30(32)38-18-35-23-25(33)36-31(34)37-26(23)38/h2-16,18,22,24,30H,17H2,1H3/t22-,24+,30-,32?/m1/s1. The van der Waals surface area contributed by atoms with Gasteiger partial charge >= 0.3 is 17.9 Å². The molecule has 0 spiro atoms. The topological polar surface area (TPSA) is 132 Å². The number of carbonyl (C=O) groups excluding carboxylic acids is 3. The monoisotopic (exact) mass is 738 g/mol. The van der Waals surface area contributed by atoms with Crippen molar-refractivity contribution in [3.63, 3.8) is 0 Å². The molecule has 45 heavy (non-hydrogen) atoms. The van der Waals surface area contributed by atoms with Gasteiger partial charge in [0.15, 0.2) is 32.6 Å². The van der Waals surface area contributed by atoms with Crippen LogP contribution in [-0.4, -0.2) is 61.8 Å². The molecule has 1 aliphatic rings. The maximum Gasteiger partial charge on any atom is 0.338 e. The van der Waals surface area contributed by atoms with Crippen LogP contribution in [0.1, 0.15) is 44.2 Å². The summed E-state index contributed by atoms with van der Waals surface area (Å²) in [5.41, 5.74) is -0.266. The highest BCUT2D eigenvalue weighted by molar-refractivity contribution is 14.1. The molecule has 1 aliphatic heterocycles. The summed E-state index contributed by atoms with van der Waals surface area (Å²) in [7, 11) is 0. The Hall–Kier alpha value is -4.40. The molecule has 4 atom stereocenters. The third kappa shape index (κ3) is 6.26. The maximum absolute atomic E-state index is 13.6. The lowest BCUT2D eigenvalue weighted by molar-refractivity contribution is -0.108. The van der Waals surface area contributed by atoms with Gasteiger partial charge in [-0.2, -0.15) is 0 Å². The predicted octanol–water partition coefficient (Wildman–Crippen LogP) is 5.68. The van der Waals surface area contributed by atoms with Crippen molar-refractivity contribution in [2.24, 2.45) is 0 Å². The van der Waals surface area contributed by atoms with Crippen LogP contribution in [0.4, 0.5) is 0 Å². The number of carbonyl (C=O) groups is 3. The number of fused-ring (bicyclic) bond motifs is 1. The van der Waals surface area contributed by atoms with Crippen molar-refractivity contribution in [1.29, 1.82) is 0 Å². The van der Waals surface area contributed by atoms with E-state index in [1.165, 1.54) is 10.9 Å². The molecule has 13 heteroatoms. The van der Waals surface area contributed by atoms with Gasteiger partial charge in [-0.15, -0.1) is 0 Å². The lowest BCUT2D eigenvalue weighted by Gasteiger charge is -2.34. The zero-order valence-corrected chi connectivity index (χ0v) is 26.5. The summed E-state index contributed by atoms with van der Waals surface area (Å²) in [6, 6.07) is 25.1. The minimum atomic E-state index is -1.70. The molecule has 3 heterocycles. The molecule has 1 saturated heterocycles. The highest BCUT2D eigenvalue weighted by atomic mass is 127. The number of esters is 3. The number of benzene rings is 3. The molecule has 228 valence electrons. The van der Waals surface area contributed by atoms with Gasteiger partial charge in [-0.3, -0.25) is 4.57 Å². The number of hydrogen-bond donors (Lipinski definition) is 0. The van der Waals surface area contributed by atoms with Crippen molar-refractivity contribution < 1.29 is 33.3 Å². The molecule has 1 fully saturated rings. The van der Waals surface area contributed by atoms with E-state index in [-0.39, 0.29) is 28.4 Å². The minimum absolute atomic E-state index is 0.115. The fourth-order valence-corrected chi connectivity index (χ4v) is 5.91. The highest BCUT2D eigenvalue weighted by Gasteiger charge is 2.60. The molecule has 0 saturated carbocycles. The van der Waals surface area contributed by atoms with Crippen molar-refractivity contribution >= 4 is 63.3 Å². The van der Waals surface area contributed by atoms with E-state index >= 15 is 0 Å². The van der Waals surface area contributed by atoms with Gasteiger partial charge in [0, 0.05) is 22.6 Å². The number of halogens is 2. The van der Waals surface area contributed by atoms with Crippen molar-refractivity contribution in [2.75, 3.05) is 6.61 Å². The molecule has 6 rings (SSSR count). The average molecular weight is 739 g/mol. The van der Waals surface area contributed by atoms with Gasteiger partial charge < -0.3 is 18.9 Å². The number of nitrogens with zero attached hydrogens (tertiary/aromatic N) is 4. The summed E-state index contributed by atoms with van der Waals surface area (Å²) in [4.78, 5) is 53.0. The second kappa shape index (κ2) is 12.9. The Balaban J connectivity index is 1.43. The molecule has 0 aliphatic carbocycles. The lowest BCUT2D eigenvalue weighted by atomic mass is 9.95. The Morgan fingerprint density at radius 2 is 1.42 bits per heavy atom. The summed E-state index contributed by atoms with van der Waals surface area (Å²) in [5, 5.41) is 0.115. The molecule has 3 aromatic carbocycles. The SMILES string of the molecule is CC1(OC(=O)c2ccccc2)[C@@H](OC(=O)c2ccccc2)[C@@H](COC(=O)c2ccccc2)O[C@H]1n1cnc2c(Cl)nc(I)nc21. The summed E-state index contributed by atoms with van der Waals surface area (Å²) in [5.74, 6) is -2.00. The van der Waals surface area contributed by atoms with Crippen molar-refractivity contribution in [2.45, 2.75) is 31.0 Å². The van der Waals surface area contributed by atoms with Crippen molar-refractivity contribution in [1.82, 2.24) is 19.5 Å². The lowest BCUT2D eigenvalue weighted by Crippen LogP contribution is -2.50. The molecule has 11 nitrogen and oxygen atoms in total. The molecule has 1 unspecified atom stereocenters. The van der Waals surface area contributed by atoms with E-state index < -0.39 is 41.9 Å². The van der Waals surface area contributed by atoms with Crippen LogP contribution in [0.25, 0.3) is 11.2 Å². The Kier molecular flexibility index (Phi) is 8.79. The fourth-order valence-electron chi connectivity index (χ4n) is 5.09. The Morgan fingerprint density at radius 1 is 0.867 bits per heavy atom. The summed E-state index contributed by atoms with van der Waals surface area (Å²) in [6.45, 7) is 1.25. The number of aromatic nitrogens is 4. The Labute approximate surface area is 275 Å². The maximum atomic E-state index is 13.6. The number of ether oxygens (including phenoxy) is 4. The van der Waals surface area contributed by atoms with Crippen molar-refractivity contribution in [3.05, 3.63) is 123 Å². The molecule has 0 N–H and O–H groups in total. The minimum Gasteiger partial charge on any atom is -0.459 e. The smallest absolute Gasteiger partial charge is 0.338 e. The van der Waals surface area contributed by atoms with E-state index in [4.69, 9.17) is 30.5 Å². The number of hydrogen-bond acceptors (Lipinski definition) is 10. The van der Waals surface area contributed by atoms with E-state index in [9.17, 15) is 14.4 Å². The van der Waals surface area contributed by atoms with Crippen LogP contribution >= 0.6 is 34.2 Å². The molecule has 0 amide bonds. The molecule has 2 aromatic heterocycles. The van der Waals surface area contributed by atoms with Gasteiger partial charge in [0.1, 0.15) is 18.2 Å². The van der Waals surface area contributed by atoms with E-state index in [0.29, 0.717) is 15.0 Å². The summed E-state index contributed by atoms with van der Waals surface area (Å²) in [6.07, 6.45) is -2.08. The van der Waals surface area contributed by atoms with Crippen molar-refractivity contribution in [3.8, 4) is 0 Å². The second-order valence-electron chi connectivity index (χ2n) is 10.2. The number of rotatable bonds is 8. The Bertz CT molecular complexity index is 1860. The first-order valence-corrected chi connectivity index (χ1v) is 15.2. The first-order chi connectivity index (χ1) is 21.7. The van der Waals surface area contributed by atoms with E-state index in [1.807, 2.05) is 22.6 Å². The highest BCUT2D eigenvalue weighted by Crippen LogP contribution is 2.45. The summed E-state index contributed by atoms with van der Waals surface area (Å²) >= 11 is 8.29. The zero-order valence-electron chi connectivity index (χ0n) is 23.6. The quantitative estimate of drug-likeness (QED) is 0.0644. The normalized spacial score (nSPS) is 20.9. The summed E-state index contributed by atoms with van der Waals surface area (Å²) < 4.78 is 26.2. The Morgan fingerprint density at radius 3 is 2.02 bits per heavy atom. The van der Waals surface area contributed by atoms with Gasteiger partial charge in [0.05, 0.1) is 23.0 Å². The van der Waals surface area contributed by atoms with E-state index in [0.717, 1.165) is 0 Å². The largest absolute Gasteiger partial charge is 0.459 e. The molecule has 0 radical (unpaired) electrons. The van der Waals surface area contributed by atoms with Crippen LogP contribution in [0, 0.1) is 3.83 Å². The van der Waals surface area contributed by atoms with Gasteiger partial charge in [-0.25, -0.2) is 29.3 Å². The molecular weight excluding hydrogens is 715 g/mol. The van der Waals surface area contributed by atoms with E-state index in [1.54, 1.807) is 97.9 Å². The van der Waals surface area contributed by atoms with Crippen LogP contribution in [-0.2, 0) is 18.9 Å².